The predicted octanol–water partition coefficient (Wildman–Crippen LogP) is 1.93. The molecule has 6 nitrogen and oxygen atoms in total. The molecule has 0 radical (unpaired) electrons. The number of hydrogen-bond acceptors (Lipinski definition) is 5. The number of carbonyl (C=O) groups excluding carboxylic acids is 1. The van der Waals surface area contributed by atoms with E-state index in [0.29, 0.717) is 37.5 Å². The van der Waals surface area contributed by atoms with Gasteiger partial charge in [-0.05, 0) is 36.1 Å². The van der Waals surface area contributed by atoms with E-state index in [9.17, 15) is 9.90 Å². The molecule has 7 heteroatoms. The summed E-state index contributed by atoms with van der Waals surface area (Å²) in [4.78, 5) is 12.4. The van der Waals surface area contributed by atoms with Crippen molar-refractivity contribution in [3.8, 4) is 0 Å². The molecule has 0 aliphatic heterocycles. The molecule has 3 rings (SSSR count). The third-order valence-corrected chi connectivity index (χ3v) is 4.59. The topological polar surface area (TPSA) is 88.2 Å². The van der Waals surface area contributed by atoms with E-state index in [2.05, 4.69) is 31.4 Å². The van der Waals surface area contributed by atoms with E-state index in [4.69, 9.17) is 4.42 Å². The molecule has 1 aromatic heterocycles. The van der Waals surface area contributed by atoms with Crippen LogP contribution in [0.25, 0.3) is 0 Å². The second-order valence-electron chi connectivity index (χ2n) is 5.75. The number of halogens is 1. The van der Waals surface area contributed by atoms with Gasteiger partial charge in [-0.25, -0.2) is 0 Å². The Kier molecular flexibility index (Phi) is 4.50. The van der Waals surface area contributed by atoms with Gasteiger partial charge in [-0.15, -0.1) is 10.2 Å². The van der Waals surface area contributed by atoms with E-state index in [1.165, 1.54) is 5.56 Å². The first-order valence-electron chi connectivity index (χ1n) is 7.59. The van der Waals surface area contributed by atoms with Crippen LogP contribution in [0.2, 0.25) is 0 Å². The second kappa shape index (κ2) is 6.41. The van der Waals surface area contributed by atoms with Gasteiger partial charge in [0.25, 0.3) is 5.91 Å². The second-order valence-corrected chi connectivity index (χ2v) is 6.66. The van der Waals surface area contributed by atoms with E-state index in [0.717, 1.165) is 10.0 Å². The SMILES string of the molecule is CCc1nnc(CNC(=O)C2(O)CCc3cc(Br)ccc3C2)o1. The van der Waals surface area contributed by atoms with Crippen LogP contribution in [0.3, 0.4) is 0 Å². The fourth-order valence-corrected chi connectivity index (χ4v) is 3.17. The highest BCUT2D eigenvalue weighted by atomic mass is 79.9. The van der Waals surface area contributed by atoms with Gasteiger partial charge in [0, 0.05) is 17.3 Å². The van der Waals surface area contributed by atoms with Crippen molar-refractivity contribution in [2.45, 2.75) is 44.8 Å². The Morgan fingerprint density at radius 3 is 2.91 bits per heavy atom. The molecular formula is C16H18BrN3O3. The van der Waals surface area contributed by atoms with E-state index < -0.39 is 11.5 Å². The Labute approximate surface area is 142 Å². The molecule has 0 saturated carbocycles. The summed E-state index contributed by atoms with van der Waals surface area (Å²) in [5, 5.41) is 21.1. The van der Waals surface area contributed by atoms with Gasteiger partial charge < -0.3 is 14.8 Å². The van der Waals surface area contributed by atoms with Crippen molar-refractivity contribution in [3.05, 3.63) is 45.6 Å². The smallest absolute Gasteiger partial charge is 0.252 e. The Morgan fingerprint density at radius 2 is 2.17 bits per heavy atom. The molecule has 0 fully saturated rings. The normalized spacial score (nSPS) is 20.1. The Hall–Kier alpha value is -1.73. The molecule has 0 spiro atoms. The van der Waals surface area contributed by atoms with Crippen LogP contribution in [-0.2, 0) is 30.6 Å². The van der Waals surface area contributed by atoms with E-state index in [1.54, 1.807) is 0 Å². The van der Waals surface area contributed by atoms with Gasteiger partial charge >= 0.3 is 0 Å². The molecule has 0 saturated heterocycles. The summed E-state index contributed by atoms with van der Waals surface area (Å²) in [6, 6.07) is 5.91. The molecule has 1 aliphatic rings. The van der Waals surface area contributed by atoms with Crippen molar-refractivity contribution in [2.75, 3.05) is 0 Å². The van der Waals surface area contributed by atoms with E-state index in [-0.39, 0.29) is 6.54 Å². The molecular weight excluding hydrogens is 362 g/mol. The third-order valence-electron chi connectivity index (χ3n) is 4.09. The number of hydrogen-bond donors (Lipinski definition) is 2. The van der Waals surface area contributed by atoms with E-state index in [1.807, 2.05) is 25.1 Å². The van der Waals surface area contributed by atoms with Crippen LogP contribution in [0.1, 0.15) is 36.3 Å². The lowest BCUT2D eigenvalue weighted by molar-refractivity contribution is -0.141. The standard InChI is InChI=1S/C16H18BrN3O3/c1-2-13-19-20-14(23-13)9-18-15(21)16(22)6-5-10-7-12(17)4-3-11(10)8-16/h3-4,7,22H,2,5-6,8-9H2,1H3,(H,18,21). The summed E-state index contributed by atoms with van der Waals surface area (Å²) in [6.45, 7) is 2.04. The summed E-state index contributed by atoms with van der Waals surface area (Å²) >= 11 is 3.44. The highest BCUT2D eigenvalue weighted by molar-refractivity contribution is 9.10. The number of amides is 1. The molecule has 1 unspecified atom stereocenters. The van der Waals surface area contributed by atoms with Crippen LogP contribution < -0.4 is 5.32 Å². The van der Waals surface area contributed by atoms with Crippen LogP contribution in [0.5, 0.6) is 0 Å². The number of rotatable bonds is 4. The summed E-state index contributed by atoms with van der Waals surface area (Å²) in [5.41, 5.74) is 0.776. The summed E-state index contributed by atoms with van der Waals surface area (Å²) < 4.78 is 6.36. The zero-order chi connectivity index (χ0) is 16.4. The first-order valence-corrected chi connectivity index (χ1v) is 8.39. The lowest BCUT2D eigenvalue weighted by Crippen LogP contribution is -2.50. The minimum absolute atomic E-state index is 0.126. The molecule has 2 aromatic rings. The van der Waals surface area contributed by atoms with Gasteiger partial charge in [-0.2, -0.15) is 0 Å². The van der Waals surface area contributed by atoms with Gasteiger partial charge in [0.15, 0.2) is 0 Å². The van der Waals surface area contributed by atoms with Gasteiger partial charge in [0.1, 0.15) is 5.60 Å². The zero-order valence-electron chi connectivity index (χ0n) is 12.8. The number of fused-ring (bicyclic) bond motifs is 1. The van der Waals surface area contributed by atoms with Crippen LogP contribution in [-0.4, -0.2) is 26.8 Å². The van der Waals surface area contributed by atoms with Crippen molar-refractivity contribution in [2.24, 2.45) is 0 Å². The number of aromatic nitrogens is 2. The quantitative estimate of drug-likeness (QED) is 0.846. The molecule has 0 bridgehead atoms. The minimum Gasteiger partial charge on any atom is -0.423 e. The fraction of sp³-hybridized carbons (Fsp3) is 0.438. The molecule has 1 amide bonds. The molecule has 1 heterocycles. The first kappa shape index (κ1) is 16.1. The number of carbonyl (C=O) groups is 1. The summed E-state index contributed by atoms with van der Waals surface area (Å²) in [5.74, 6) is 0.478. The van der Waals surface area contributed by atoms with Crippen molar-refractivity contribution in [3.63, 3.8) is 0 Å². The van der Waals surface area contributed by atoms with Crippen molar-refractivity contribution in [1.82, 2.24) is 15.5 Å². The average Bonchev–Trinajstić information content (AvgIpc) is 3.01. The molecule has 1 aliphatic carbocycles. The molecule has 2 N–H and O–H groups in total. The van der Waals surface area contributed by atoms with E-state index >= 15 is 0 Å². The van der Waals surface area contributed by atoms with Crippen molar-refractivity contribution >= 4 is 21.8 Å². The largest absolute Gasteiger partial charge is 0.423 e. The summed E-state index contributed by atoms with van der Waals surface area (Å²) in [6.07, 6.45) is 2.02. The van der Waals surface area contributed by atoms with Crippen LogP contribution >= 0.6 is 15.9 Å². The average molecular weight is 380 g/mol. The lowest BCUT2D eigenvalue weighted by atomic mass is 9.80. The van der Waals surface area contributed by atoms with Gasteiger partial charge in [0.05, 0.1) is 6.54 Å². The summed E-state index contributed by atoms with van der Waals surface area (Å²) in [7, 11) is 0. The Bertz CT molecular complexity index is 731. The third kappa shape index (κ3) is 3.45. The number of nitrogens with one attached hydrogen (secondary N) is 1. The molecule has 23 heavy (non-hydrogen) atoms. The molecule has 122 valence electrons. The predicted molar refractivity (Wildman–Crippen MR) is 86.6 cm³/mol. The maximum Gasteiger partial charge on any atom is 0.252 e. The lowest BCUT2D eigenvalue weighted by Gasteiger charge is -2.32. The minimum atomic E-state index is -1.39. The van der Waals surface area contributed by atoms with Gasteiger partial charge in [-0.1, -0.05) is 28.9 Å². The van der Waals surface area contributed by atoms with Gasteiger partial charge in [-0.3, -0.25) is 4.79 Å². The Balaban J connectivity index is 1.66. The number of benzene rings is 1. The Morgan fingerprint density at radius 1 is 1.39 bits per heavy atom. The highest BCUT2D eigenvalue weighted by Gasteiger charge is 2.39. The van der Waals surface area contributed by atoms with Crippen LogP contribution in [0.15, 0.2) is 27.1 Å². The highest BCUT2D eigenvalue weighted by Crippen LogP contribution is 2.30. The zero-order valence-corrected chi connectivity index (χ0v) is 14.4. The van der Waals surface area contributed by atoms with Crippen molar-refractivity contribution < 1.29 is 14.3 Å². The van der Waals surface area contributed by atoms with Gasteiger partial charge in [0.2, 0.25) is 11.8 Å². The molecule has 1 aromatic carbocycles. The number of nitrogens with zero attached hydrogens (tertiary/aromatic N) is 2. The monoisotopic (exact) mass is 379 g/mol. The van der Waals surface area contributed by atoms with Crippen LogP contribution in [0, 0.1) is 0 Å². The number of aliphatic hydroxyl groups is 1. The molecule has 1 atom stereocenters. The maximum absolute atomic E-state index is 12.4. The fourth-order valence-electron chi connectivity index (χ4n) is 2.76. The maximum atomic E-state index is 12.4. The number of aryl methyl sites for hydroxylation is 2. The first-order chi connectivity index (χ1) is 11.0. The van der Waals surface area contributed by atoms with Crippen molar-refractivity contribution in [1.29, 1.82) is 0 Å². The van der Waals surface area contributed by atoms with Crippen LogP contribution in [0.4, 0.5) is 0 Å².